The Morgan fingerprint density at radius 2 is 1.85 bits per heavy atom. The standard InChI is InChI=1S/C15H23ClN4/c16-11-9-12(14(18)19-10-11)13(17)15(5-1-2-6-15)20-7-3-4-8-20/h9-10,13H,1-8,17H2,(H2,18,19). The molecule has 2 fully saturated rings. The van der Waals surface area contributed by atoms with Crippen molar-refractivity contribution in [2.24, 2.45) is 5.73 Å². The lowest BCUT2D eigenvalue weighted by atomic mass is 9.82. The average Bonchev–Trinajstić information content (AvgIpc) is 3.11. The lowest BCUT2D eigenvalue weighted by Gasteiger charge is -2.43. The first kappa shape index (κ1) is 14.1. The van der Waals surface area contributed by atoms with Gasteiger partial charge in [-0.05, 0) is 44.8 Å². The van der Waals surface area contributed by atoms with E-state index in [1.165, 1.54) is 25.7 Å². The van der Waals surface area contributed by atoms with Crippen LogP contribution in [0.4, 0.5) is 5.82 Å². The molecule has 0 bridgehead atoms. The summed E-state index contributed by atoms with van der Waals surface area (Å²) in [5.41, 5.74) is 13.7. The average molecular weight is 295 g/mol. The molecule has 0 aromatic carbocycles. The molecule has 1 aliphatic carbocycles. The lowest BCUT2D eigenvalue weighted by Crippen LogP contribution is -2.52. The van der Waals surface area contributed by atoms with E-state index in [1.54, 1.807) is 6.20 Å². The minimum Gasteiger partial charge on any atom is -0.383 e. The van der Waals surface area contributed by atoms with E-state index in [4.69, 9.17) is 23.1 Å². The predicted octanol–water partition coefficient (Wildman–Crippen LogP) is 2.73. The smallest absolute Gasteiger partial charge is 0.128 e. The molecular formula is C15H23ClN4. The number of aromatic nitrogens is 1. The Bertz CT molecular complexity index is 479. The van der Waals surface area contributed by atoms with E-state index < -0.39 is 0 Å². The van der Waals surface area contributed by atoms with Crippen LogP contribution >= 0.6 is 11.6 Å². The second-order valence-electron chi connectivity index (χ2n) is 6.11. The highest BCUT2D eigenvalue weighted by Gasteiger charge is 2.46. The van der Waals surface area contributed by atoms with Crippen molar-refractivity contribution in [1.29, 1.82) is 0 Å². The monoisotopic (exact) mass is 294 g/mol. The first-order valence-corrected chi connectivity index (χ1v) is 7.93. The maximum atomic E-state index is 6.66. The minimum absolute atomic E-state index is 0.0526. The van der Waals surface area contributed by atoms with Crippen molar-refractivity contribution in [3.63, 3.8) is 0 Å². The Hall–Kier alpha value is -0.840. The molecule has 1 atom stereocenters. The van der Waals surface area contributed by atoms with Crippen LogP contribution < -0.4 is 11.5 Å². The Balaban J connectivity index is 1.96. The fraction of sp³-hybridized carbons (Fsp3) is 0.667. The largest absolute Gasteiger partial charge is 0.383 e. The van der Waals surface area contributed by atoms with Gasteiger partial charge in [0, 0.05) is 17.3 Å². The third-order valence-electron chi connectivity index (χ3n) is 5.04. The van der Waals surface area contributed by atoms with Gasteiger partial charge in [-0.15, -0.1) is 0 Å². The van der Waals surface area contributed by atoms with Crippen molar-refractivity contribution in [2.75, 3.05) is 18.8 Å². The quantitative estimate of drug-likeness (QED) is 0.899. The molecule has 1 saturated heterocycles. The van der Waals surface area contributed by atoms with E-state index in [0.29, 0.717) is 10.8 Å². The van der Waals surface area contributed by atoms with Crippen LogP contribution in [0.15, 0.2) is 12.3 Å². The highest BCUT2D eigenvalue weighted by Crippen LogP contribution is 2.45. The summed E-state index contributed by atoms with van der Waals surface area (Å²) in [6.07, 6.45) is 8.94. The van der Waals surface area contributed by atoms with Crippen LogP contribution in [0.5, 0.6) is 0 Å². The second kappa shape index (κ2) is 5.51. The molecular weight excluding hydrogens is 272 g/mol. The second-order valence-corrected chi connectivity index (χ2v) is 6.55. The predicted molar refractivity (Wildman–Crippen MR) is 82.6 cm³/mol. The van der Waals surface area contributed by atoms with E-state index >= 15 is 0 Å². The van der Waals surface area contributed by atoms with Crippen LogP contribution in [0, 0.1) is 0 Å². The van der Waals surface area contributed by atoms with Crippen LogP contribution in [0.1, 0.15) is 50.1 Å². The van der Waals surface area contributed by atoms with Crippen LogP contribution in [-0.4, -0.2) is 28.5 Å². The van der Waals surface area contributed by atoms with Gasteiger partial charge in [-0.2, -0.15) is 0 Å². The van der Waals surface area contributed by atoms with Crippen LogP contribution in [0.2, 0.25) is 5.02 Å². The third kappa shape index (κ3) is 2.30. The van der Waals surface area contributed by atoms with Crippen molar-refractivity contribution >= 4 is 17.4 Å². The molecule has 1 saturated carbocycles. The molecule has 1 aromatic heterocycles. The topological polar surface area (TPSA) is 68.2 Å². The zero-order valence-electron chi connectivity index (χ0n) is 11.8. The molecule has 0 radical (unpaired) electrons. The zero-order chi connectivity index (χ0) is 14.2. The molecule has 0 amide bonds. The fourth-order valence-corrected chi connectivity index (χ4v) is 4.14. The lowest BCUT2D eigenvalue weighted by molar-refractivity contribution is 0.0923. The van der Waals surface area contributed by atoms with Crippen molar-refractivity contribution in [3.05, 3.63) is 22.8 Å². The number of anilines is 1. The SMILES string of the molecule is Nc1ncc(Cl)cc1C(N)C1(N2CCCC2)CCCC1. The summed E-state index contributed by atoms with van der Waals surface area (Å²) in [4.78, 5) is 6.76. The van der Waals surface area contributed by atoms with Gasteiger partial charge in [0.25, 0.3) is 0 Å². The summed E-state index contributed by atoms with van der Waals surface area (Å²) in [6.45, 7) is 2.31. The molecule has 110 valence electrons. The number of hydrogen-bond acceptors (Lipinski definition) is 4. The van der Waals surface area contributed by atoms with Gasteiger partial charge in [0.05, 0.1) is 11.1 Å². The van der Waals surface area contributed by atoms with E-state index in [1.807, 2.05) is 6.07 Å². The number of halogens is 1. The Morgan fingerprint density at radius 3 is 2.50 bits per heavy atom. The molecule has 4 nitrogen and oxygen atoms in total. The van der Waals surface area contributed by atoms with Gasteiger partial charge in [0.1, 0.15) is 5.82 Å². The number of likely N-dealkylation sites (tertiary alicyclic amines) is 1. The summed E-state index contributed by atoms with van der Waals surface area (Å²) >= 11 is 6.09. The fourth-order valence-electron chi connectivity index (χ4n) is 3.98. The zero-order valence-corrected chi connectivity index (χ0v) is 12.6. The molecule has 1 aromatic rings. The van der Waals surface area contributed by atoms with Gasteiger partial charge in [0.15, 0.2) is 0 Å². The van der Waals surface area contributed by atoms with Gasteiger partial charge in [-0.3, -0.25) is 4.90 Å². The van der Waals surface area contributed by atoms with Crippen LogP contribution in [-0.2, 0) is 0 Å². The molecule has 0 spiro atoms. The Labute approximate surface area is 125 Å². The summed E-state index contributed by atoms with van der Waals surface area (Å²) in [5.74, 6) is 0.521. The molecule has 2 heterocycles. The number of nitrogens with zero attached hydrogens (tertiary/aromatic N) is 2. The van der Waals surface area contributed by atoms with Gasteiger partial charge in [-0.1, -0.05) is 24.4 Å². The van der Waals surface area contributed by atoms with E-state index in [2.05, 4.69) is 9.88 Å². The maximum Gasteiger partial charge on any atom is 0.128 e. The van der Waals surface area contributed by atoms with Crippen LogP contribution in [0.3, 0.4) is 0 Å². The van der Waals surface area contributed by atoms with Crippen LogP contribution in [0.25, 0.3) is 0 Å². The normalized spacial score (nSPS) is 24.1. The number of nitrogens with two attached hydrogens (primary N) is 2. The Kier molecular flexibility index (Phi) is 3.89. The number of rotatable bonds is 3. The highest BCUT2D eigenvalue weighted by atomic mass is 35.5. The molecule has 2 aliphatic rings. The van der Waals surface area contributed by atoms with Gasteiger partial charge in [-0.25, -0.2) is 4.98 Å². The molecule has 3 rings (SSSR count). The number of pyridine rings is 1. The van der Waals surface area contributed by atoms with Crippen molar-refractivity contribution in [2.45, 2.75) is 50.1 Å². The molecule has 4 N–H and O–H groups in total. The highest BCUT2D eigenvalue weighted by molar-refractivity contribution is 6.30. The molecule has 5 heteroatoms. The molecule has 1 aliphatic heterocycles. The molecule has 1 unspecified atom stereocenters. The van der Waals surface area contributed by atoms with Crippen molar-refractivity contribution in [1.82, 2.24) is 9.88 Å². The van der Waals surface area contributed by atoms with Gasteiger partial charge >= 0.3 is 0 Å². The van der Waals surface area contributed by atoms with Crippen molar-refractivity contribution in [3.8, 4) is 0 Å². The summed E-state index contributed by atoms with van der Waals surface area (Å²) in [6, 6.07) is 1.79. The Morgan fingerprint density at radius 1 is 1.20 bits per heavy atom. The maximum absolute atomic E-state index is 6.66. The first-order valence-electron chi connectivity index (χ1n) is 7.55. The third-order valence-corrected chi connectivity index (χ3v) is 5.24. The first-order chi connectivity index (χ1) is 9.63. The van der Waals surface area contributed by atoms with E-state index in [9.17, 15) is 0 Å². The summed E-state index contributed by atoms with van der Waals surface area (Å²) in [7, 11) is 0. The van der Waals surface area contributed by atoms with E-state index in [0.717, 1.165) is 31.5 Å². The summed E-state index contributed by atoms with van der Waals surface area (Å²) in [5, 5.41) is 0.610. The van der Waals surface area contributed by atoms with Gasteiger partial charge < -0.3 is 11.5 Å². The molecule has 20 heavy (non-hydrogen) atoms. The number of nitrogen functional groups attached to an aromatic ring is 1. The van der Waals surface area contributed by atoms with Crippen molar-refractivity contribution < 1.29 is 0 Å². The van der Waals surface area contributed by atoms with Gasteiger partial charge in [0.2, 0.25) is 0 Å². The summed E-state index contributed by atoms with van der Waals surface area (Å²) < 4.78 is 0. The minimum atomic E-state index is -0.103. The van der Waals surface area contributed by atoms with E-state index in [-0.39, 0.29) is 11.6 Å². The number of hydrogen-bond donors (Lipinski definition) is 2.